The number of hydrogen-bond acceptors (Lipinski definition) is 2. The molecule has 0 saturated carbocycles. The largest absolute Gasteiger partial charge is 0.337 e. The van der Waals surface area contributed by atoms with E-state index in [9.17, 15) is 13.6 Å². The van der Waals surface area contributed by atoms with Crippen LogP contribution in [0.4, 0.5) is 8.78 Å². The highest BCUT2D eigenvalue weighted by atomic mass is 19.1. The zero-order valence-electron chi connectivity index (χ0n) is 14.7. The van der Waals surface area contributed by atoms with E-state index in [4.69, 9.17) is 0 Å². The van der Waals surface area contributed by atoms with Gasteiger partial charge in [-0.3, -0.25) is 4.79 Å². The van der Waals surface area contributed by atoms with Crippen LogP contribution in [-0.4, -0.2) is 33.4 Å². The van der Waals surface area contributed by atoms with Gasteiger partial charge in [0.05, 0.1) is 18.1 Å². The molecule has 1 fully saturated rings. The first-order valence-corrected chi connectivity index (χ1v) is 8.94. The standard InChI is InChI=1S/C21H19F2N3O/c22-17-7-3-15(4-8-17)20-13-26(14-24-20)19-2-1-11-25(12-19)21(27)16-5-9-18(23)10-6-16/h3-10,13-14,19H,1-2,11-12H2/t19-/m0/s1. The number of aromatic nitrogens is 2. The lowest BCUT2D eigenvalue weighted by atomic mass is 10.0. The lowest BCUT2D eigenvalue weighted by molar-refractivity contribution is 0.0679. The Balaban J connectivity index is 1.49. The number of amides is 1. The van der Waals surface area contributed by atoms with Gasteiger partial charge in [-0.15, -0.1) is 0 Å². The molecule has 1 aliphatic rings. The van der Waals surface area contributed by atoms with Crippen molar-refractivity contribution in [2.75, 3.05) is 13.1 Å². The van der Waals surface area contributed by atoms with Crippen LogP contribution >= 0.6 is 0 Å². The van der Waals surface area contributed by atoms with Crippen LogP contribution < -0.4 is 0 Å². The molecule has 1 aliphatic heterocycles. The molecule has 2 aromatic carbocycles. The summed E-state index contributed by atoms with van der Waals surface area (Å²) in [5.41, 5.74) is 2.12. The minimum absolute atomic E-state index is 0.0847. The van der Waals surface area contributed by atoms with E-state index in [0.29, 0.717) is 18.7 Å². The van der Waals surface area contributed by atoms with Gasteiger partial charge >= 0.3 is 0 Å². The minimum Gasteiger partial charge on any atom is -0.337 e. The SMILES string of the molecule is O=C(c1ccc(F)cc1)N1CCC[C@H](n2cnc(-c3ccc(F)cc3)c2)C1. The fourth-order valence-corrected chi connectivity index (χ4v) is 3.46. The van der Waals surface area contributed by atoms with Crippen molar-refractivity contribution < 1.29 is 13.6 Å². The van der Waals surface area contributed by atoms with E-state index >= 15 is 0 Å². The highest BCUT2D eigenvalue weighted by Gasteiger charge is 2.25. The Kier molecular flexibility index (Phi) is 4.71. The summed E-state index contributed by atoms with van der Waals surface area (Å²) in [5.74, 6) is -0.714. The summed E-state index contributed by atoms with van der Waals surface area (Å²) >= 11 is 0. The fourth-order valence-electron chi connectivity index (χ4n) is 3.46. The van der Waals surface area contributed by atoms with E-state index < -0.39 is 0 Å². The van der Waals surface area contributed by atoms with Gasteiger partial charge in [-0.25, -0.2) is 13.8 Å². The van der Waals surface area contributed by atoms with E-state index in [1.54, 1.807) is 23.4 Å². The van der Waals surface area contributed by atoms with Gasteiger partial charge in [0.2, 0.25) is 0 Å². The maximum atomic E-state index is 13.1. The molecule has 1 amide bonds. The second-order valence-corrected chi connectivity index (χ2v) is 6.77. The summed E-state index contributed by atoms with van der Waals surface area (Å²) in [6.07, 6.45) is 5.53. The summed E-state index contributed by atoms with van der Waals surface area (Å²) < 4.78 is 28.2. The molecule has 4 nitrogen and oxygen atoms in total. The van der Waals surface area contributed by atoms with Gasteiger partial charge in [-0.1, -0.05) is 0 Å². The Hall–Kier alpha value is -3.02. The van der Waals surface area contributed by atoms with Gasteiger partial charge in [-0.05, 0) is 61.4 Å². The van der Waals surface area contributed by atoms with E-state index in [1.165, 1.54) is 36.4 Å². The zero-order chi connectivity index (χ0) is 18.8. The molecule has 1 aromatic heterocycles. The maximum absolute atomic E-state index is 13.1. The number of carbonyl (C=O) groups excluding carboxylic acids is 1. The number of imidazole rings is 1. The van der Waals surface area contributed by atoms with Gasteiger partial charge in [-0.2, -0.15) is 0 Å². The Morgan fingerprint density at radius 1 is 1.00 bits per heavy atom. The molecule has 3 aromatic rings. The van der Waals surface area contributed by atoms with E-state index in [0.717, 1.165) is 24.1 Å². The highest BCUT2D eigenvalue weighted by Crippen LogP contribution is 2.25. The normalized spacial score (nSPS) is 17.1. The topological polar surface area (TPSA) is 38.1 Å². The number of rotatable bonds is 3. The number of halogens is 2. The lowest BCUT2D eigenvalue weighted by Crippen LogP contribution is -2.40. The zero-order valence-corrected chi connectivity index (χ0v) is 14.7. The Bertz CT molecular complexity index is 935. The van der Waals surface area contributed by atoms with Crippen molar-refractivity contribution in [3.05, 3.63) is 78.3 Å². The first-order chi connectivity index (χ1) is 13.1. The van der Waals surface area contributed by atoms with Crippen molar-refractivity contribution in [2.45, 2.75) is 18.9 Å². The molecule has 0 spiro atoms. The fraction of sp³-hybridized carbons (Fsp3) is 0.238. The number of hydrogen-bond donors (Lipinski definition) is 0. The molecule has 2 heterocycles. The third-order valence-electron chi connectivity index (χ3n) is 4.94. The number of benzene rings is 2. The van der Waals surface area contributed by atoms with Crippen molar-refractivity contribution in [1.29, 1.82) is 0 Å². The van der Waals surface area contributed by atoms with E-state index in [1.807, 2.05) is 10.8 Å². The Morgan fingerprint density at radius 2 is 1.67 bits per heavy atom. The number of piperidine rings is 1. The van der Waals surface area contributed by atoms with Gasteiger partial charge in [0.25, 0.3) is 5.91 Å². The molecular weight excluding hydrogens is 348 g/mol. The van der Waals surface area contributed by atoms with Crippen molar-refractivity contribution in [3.8, 4) is 11.3 Å². The van der Waals surface area contributed by atoms with Gasteiger partial charge in [0.1, 0.15) is 11.6 Å². The van der Waals surface area contributed by atoms with Crippen LogP contribution in [0, 0.1) is 11.6 Å². The third kappa shape index (κ3) is 3.74. The molecule has 0 bridgehead atoms. The monoisotopic (exact) mass is 367 g/mol. The summed E-state index contributed by atoms with van der Waals surface area (Å²) in [4.78, 5) is 18.9. The predicted molar refractivity (Wildman–Crippen MR) is 98.2 cm³/mol. The van der Waals surface area contributed by atoms with Crippen molar-refractivity contribution in [2.24, 2.45) is 0 Å². The number of likely N-dealkylation sites (tertiary alicyclic amines) is 1. The van der Waals surface area contributed by atoms with Crippen LogP contribution in [0.15, 0.2) is 61.1 Å². The molecule has 0 radical (unpaired) electrons. The first kappa shape index (κ1) is 17.4. The smallest absolute Gasteiger partial charge is 0.253 e. The molecule has 0 N–H and O–H groups in total. The second-order valence-electron chi connectivity index (χ2n) is 6.77. The average Bonchev–Trinajstić information content (AvgIpc) is 3.19. The molecule has 1 saturated heterocycles. The molecule has 27 heavy (non-hydrogen) atoms. The van der Waals surface area contributed by atoms with Gasteiger partial charge < -0.3 is 9.47 Å². The van der Waals surface area contributed by atoms with Gasteiger partial charge in [0.15, 0.2) is 0 Å². The lowest BCUT2D eigenvalue weighted by Gasteiger charge is -2.33. The van der Waals surface area contributed by atoms with Crippen molar-refractivity contribution in [3.63, 3.8) is 0 Å². The summed E-state index contributed by atoms with van der Waals surface area (Å²) in [6.45, 7) is 1.27. The molecule has 1 atom stereocenters. The molecule has 6 heteroatoms. The maximum Gasteiger partial charge on any atom is 0.253 e. The molecule has 4 rings (SSSR count). The first-order valence-electron chi connectivity index (χ1n) is 8.94. The van der Waals surface area contributed by atoms with Crippen LogP contribution in [-0.2, 0) is 0 Å². The number of carbonyl (C=O) groups is 1. The Morgan fingerprint density at radius 3 is 2.37 bits per heavy atom. The molecular formula is C21H19F2N3O. The predicted octanol–water partition coefficient (Wildman–Crippen LogP) is 4.31. The van der Waals surface area contributed by atoms with Crippen LogP contribution in [0.3, 0.4) is 0 Å². The van der Waals surface area contributed by atoms with Crippen LogP contribution in [0.5, 0.6) is 0 Å². The Labute approximate surface area is 156 Å². The van der Waals surface area contributed by atoms with Crippen molar-refractivity contribution >= 4 is 5.91 Å². The average molecular weight is 367 g/mol. The van der Waals surface area contributed by atoms with E-state index in [-0.39, 0.29) is 23.6 Å². The van der Waals surface area contributed by atoms with E-state index in [2.05, 4.69) is 4.98 Å². The second kappa shape index (κ2) is 7.31. The van der Waals surface area contributed by atoms with Crippen LogP contribution in [0.25, 0.3) is 11.3 Å². The summed E-state index contributed by atoms with van der Waals surface area (Å²) in [6, 6.07) is 12.0. The van der Waals surface area contributed by atoms with Crippen LogP contribution in [0.1, 0.15) is 29.2 Å². The summed E-state index contributed by atoms with van der Waals surface area (Å²) in [5, 5.41) is 0. The molecule has 138 valence electrons. The van der Waals surface area contributed by atoms with Gasteiger partial charge in [0, 0.05) is 30.4 Å². The quantitative estimate of drug-likeness (QED) is 0.692. The molecule has 0 unspecified atom stereocenters. The highest BCUT2D eigenvalue weighted by molar-refractivity contribution is 5.94. The third-order valence-corrected chi connectivity index (χ3v) is 4.94. The summed E-state index contributed by atoms with van der Waals surface area (Å²) in [7, 11) is 0. The minimum atomic E-state index is -0.352. The number of nitrogens with zero attached hydrogens (tertiary/aromatic N) is 3. The van der Waals surface area contributed by atoms with Crippen molar-refractivity contribution in [1.82, 2.24) is 14.5 Å². The molecule has 0 aliphatic carbocycles. The van der Waals surface area contributed by atoms with Crippen LogP contribution in [0.2, 0.25) is 0 Å².